The van der Waals surface area contributed by atoms with Crippen LogP contribution in [0.15, 0.2) is 30.5 Å². The number of methoxy groups -OCH3 is 4. The van der Waals surface area contributed by atoms with Crippen LogP contribution in [0.2, 0.25) is 0 Å². The second-order valence-electron chi connectivity index (χ2n) is 9.25. The lowest BCUT2D eigenvalue weighted by Gasteiger charge is -2.22. The minimum atomic E-state index is -0.107. The molecule has 2 aromatic carbocycles. The molecule has 37 heavy (non-hydrogen) atoms. The van der Waals surface area contributed by atoms with Crippen LogP contribution in [-0.4, -0.2) is 41.0 Å². The zero-order valence-corrected chi connectivity index (χ0v) is 22.6. The SMILES string of the molecule is CCOC(=O)CCCCCCc1c2[n+](cc3c(OC)c(OC)ccc13)CCc1cc(OC)c(OC)cc1-2. The molecule has 1 aromatic heterocycles. The van der Waals surface area contributed by atoms with E-state index in [0.717, 1.165) is 78.8 Å². The van der Waals surface area contributed by atoms with Gasteiger partial charge in [0.25, 0.3) is 0 Å². The van der Waals surface area contributed by atoms with Crippen LogP contribution >= 0.6 is 0 Å². The molecule has 198 valence electrons. The van der Waals surface area contributed by atoms with Crippen molar-refractivity contribution in [3.05, 3.63) is 41.6 Å². The quantitative estimate of drug-likeness (QED) is 0.184. The number of pyridine rings is 1. The molecule has 0 amide bonds. The maximum absolute atomic E-state index is 11.7. The smallest absolute Gasteiger partial charge is 0.305 e. The Morgan fingerprint density at radius 1 is 0.865 bits per heavy atom. The van der Waals surface area contributed by atoms with Crippen molar-refractivity contribution >= 4 is 16.7 Å². The average molecular weight is 509 g/mol. The number of benzene rings is 2. The summed E-state index contributed by atoms with van der Waals surface area (Å²) in [5.74, 6) is 2.85. The van der Waals surface area contributed by atoms with Crippen molar-refractivity contribution in [3.63, 3.8) is 0 Å². The zero-order valence-electron chi connectivity index (χ0n) is 22.6. The van der Waals surface area contributed by atoms with Crippen LogP contribution < -0.4 is 23.5 Å². The molecule has 0 fully saturated rings. The number of hydrogen-bond acceptors (Lipinski definition) is 6. The first-order valence-corrected chi connectivity index (χ1v) is 13.1. The predicted octanol–water partition coefficient (Wildman–Crippen LogP) is 5.44. The Hall–Kier alpha value is -3.48. The monoisotopic (exact) mass is 508 g/mol. The van der Waals surface area contributed by atoms with Crippen LogP contribution in [-0.2, 0) is 28.9 Å². The summed E-state index contributed by atoms with van der Waals surface area (Å²) in [5.41, 5.74) is 4.94. The van der Waals surface area contributed by atoms with Gasteiger partial charge in [-0.15, -0.1) is 0 Å². The molecule has 0 unspecified atom stereocenters. The topological polar surface area (TPSA) is 67.1 Å². The molecule has 3 aromatic rings. The predicted molar refractivity (Wildman–Crippen MR) is 143 cm³/mol. The normalized spacial score (nSPS) is 12.0. The summed E-state index contributed by atoms with van der Waals surface area (Å²) in [5, 5.41) is 2.21. The van der Waals surface area contributed by atoms with E-state index in [-0.39, 0.29) is 5.97 Å². The first kappa shape index (κ1) is 26.6. The third kappa shape index (κ3) is 5.45. The molecule has 0 saturated carbocycles. The molecule has 1 aliphatic heterocycles. The highest BCUT2D eigenvalue weighted by atomic mass is 16.5. The third-order valence-corrected chi connectivity index (χ3v) is 7.12. The van der Waals surface area contributed by atoms with Crippen molar-refractivity contribution in [2.75, 3.05) is 35.0 Å². The molecule has 7 nitrogen and oxygen atoms in total. The van der Waals surface area contributed by atoms with Gasteiger partial charge >= 0.3 is 5.97 Å². The number of nitrogens with zero attached hydrogens (tertiary/aromatic N) is 1. The van der Waals surface area contributed by atoms with E-state index in [1.165, 1.54) is 22.4 Å². The third-order valence-electron chi connectivity index (χ3n) is 7.12. The molecule has 0 atom stereocenters. The Balaban J connectivity index is 1.74. The molecule has 0 radical (unpaired) electrons. The number of unbranched alkanes of at least 4 members (excludes halogenated alkanes) is 3. The second-order valence-corrected chi connectivity index (χ2v) is 9.25. The van der Waals surface area contributed by atoms with Gasteiger partial charge in [0.15, 0.2) is 35.7 Å². The first-order chi connectivity index (χ1) is 18.1. The Labute approximate surface area is 219 Å². The zero-order chi connectivity index (χ0) is 26.4. The van der Waals surface area contributed by atoms with Gasteiger partial charge in [-0.1, -0.05) is 12.8 Å². The van der Waals surface area contributed by atoms with Gasteiger partial charge < -0.3 is 23.7 Å². The maximum Gasteiger partial charge on any atom is 0.305 e. The van der Waals surface area contributed by atoms with E-state index in [4.69, 9.17) is 23.7 Å². The average Bonchev–Trinajstić information content (AvgIpc) is 2.92. The Bertz CT molecular complexity index is 1270. The van der Waals surface area contributed by atoms with Crippen LogP contribution in [0, 0.1) is 0 Å². The van der Waals surface area contributed by atoms with Crippen LogP contribution in [0.3, 0.4) is 0 Å². The molecule has 2 heterocycles. The summed E-state index contributed by atoms with van der Waals surface area (Å²) in [6.45, 7) is 3.14. The fourth-order valence-electron chi connectivity index (χ4n) is 5.36. The molecule has 0 bridgehead atoms. The minimum Gasteiger partial charge on any atom is -0.493 e. The molecule has 0 saturated heterocycles. The maximum atomic E-state index is 11.7. The molecular formula is C30H38NO6+. The van der Waals surface area contributed by atoms with E-state index in [1.807, 2.05) is 13.0 Å². The van der Waals surface area contributed by atoms with Gasteiger partial charge in [-0.05, 0) is 56.0 Å². The number of aryl methyl sites for hydroxylation is 3. The second kappa shape index (κ2) is 12.2. The Kier molecular flexibility index (Phi) is 8.74. The summed E-state index contributed by atoms with van der Waals surface area (Å²) in [6.07, 6.45) is 8.40. The summed E-state index contributed by atoms with van der Waals surface area (Å²) < 4.78 is 30.1. The molecule has 4 rings (SSSR count). The van der Waals surface area contributed by atoms with Crippen LogP contribution in [0.4, 0.5) is 0 Å². The van der Waals surface area contributed by atoms with Gasteiger partial charge in [-0.3, -0.25) is 4.79 Å². The van der Waals surface area contributed by atoms with Gasteiger partial charge in [-0.2, -0.15) is 4.57 Å². The highest BCUT2D eigenvalue weighted by Crippen LogP contribution is 2.42. The number of carbonyl (C=O) groups is 1. The standard InChI is InChI=1S/C30H38NO6/c1-6-37-28(32)12-10-8-7-9-11-22-21-13-14-25(33-2)30(36-5)24(21)19-31-16-15-20-17-26(34-3)27(35-4)18-23(20)29(22)31/h13-14,17-19H,6-12,15-16H2,1-5H3/q+1. The van der Waals surface area contributed by atoms with Crippen molar-refractivity contribution in [2.24, 2.45) is 0 Å². The lowest BCUT2D eigenvalue weighted by Crippen LogP contribution is -2.41. The molecular weight excluding hydrogens is 470 g/mol. The van der Waals surface area contributed by atoms with Crippen molar-refractivity contribution in [3.8, 4) is 34.3 Å². The summed E-state index contributed by atoms with van der Waals surface area (Å²) in [6, 6.07) is 8.34. The van der Waals surface area contributed by atoms with Gasteiger partial charge in [0, 0.05) is 23.8 Å². The van der Waals surface area contributed by atoms with Crippen molar-refractivity contribution < 1.29 is 33.0 Å². The summed E-state index contributed by atoms with van der Waals surface area (Å²) in [7, 11) is 6.71. The van der Waals surface area contributed by atoms with E-state index in [2.05, 4.69) is 29.0 Å². The largest absolute Gasteiger partial charge is 0.493 e. The van der Waals surface area contributed by atoms with Gasteiger partial charge in [0.1, 0.15) is 0 Å². The minimum absolute atomic E-state index is 0.107. The summed E-state index contributed by atoms with van der Waals surface area (Å²) in [4.78, 5) is 11.7. The number of esters is 1. The van der Waals surface area contributed by atoms with E-state index in [0.29, 0.717) is 13.0 Å². The molecule has 7 heteroatoms. The van der Waals surface area contributed by atoms with Crippen LogP contribution in [0.25, 0.3) is 22.0 Å². The highest BCUT2D eigenvalue weighted by Gasteiger charge is 2.31. The van der Waals surface area contributed by atoms with E-state index in [9.17, 15) is 4.79 Å². The fraction of sp³-hybridized carbons (Fsp3) is 0.467. The first-order valence-electron chi connectivity index (χ1n) is 13.1. The Morgan fingerprint density at radius 3 is 2.30 bits per heavy atom. The van der Waals surface area contributed by atoms with Crippen molar-refractivity contribution in [1.82, 2.24) is 0 Å². The van der Waals surface area contributed by atoms with Crippen LogP contribution in [0.5, 0.6) is 23.0 Å². The van der Waals surface area contributed by atoms with Crippen LogP contribution in [0.1, 0.15) is 50.2 Å². The number of ether oxygens (including phenoxy) is 5. The molecule has 0 N–H and O–H groups in total. The Morgan fingerprint density at radius 2 is 1.59 bits per heavy atom. The van der Waals surface area contributed by atoms with Gasteiger partial charge in [0.2, 0.25) is 5.69 Å². The van der Waals surface area contributed by atoms with Gasteiger partial charge in [-0.25, -0.2) is 0 Å². The molecule has 0 spiro atoms. The summed E-state index contributed by atoms with van der Waals surface area (Å²) >= 11 is 0. The molecule has 0 aliphatic carbocycles. The van der Waals surface area contributed by atoms with Crippen molar-refractivity contribution in [2.45, 2.75) is 58.4 Å². The number of hydrogen-bond donors (Lipinski definition) is 0. The van der Waals surface area contributed by atoms with E-state index >= 15 is 0 Å². The lowest BCUT2D eigenvalue weighted by molar-refractivity contribution is -0.686. The number of fused-ring (bicyclic) bond motifs is 4. The number of carbonyl (C=O) groups excluding carboxylic acids is 1. The lowest BCUT2D eigenvalue weighted by atomic mass is 9.89. The van der Waals surface area contributed by atoms with E-state index < -0.39 is 0 Å². The van der Waals surface area contributed by atoms with Gasteiger partial charge in [0.05, 0.1) is 46.0 Å². The fourth-order valence-corrected chi connectivity index (χ4v) is 5.36. The number of aromatic nitrogens is 1. The van der Waals surface area contributed by atoms with E-state index in [1.54, 1.807) is 28.4 Å². The van der Waals surface area contributed by atoms with Crippen molar-refractivity contribution in [1.29, 1.82) is 0 Å². The molecule has 1 aliphatic rings. The highest BCUT2D eigenvalue weighted by molar-refractivity contribution is 5.95. The number of rotatable bonds is 12.